The van der Waals surface area contributed by atoms with Crippen molar-refractivity contribution in [3.63, 3.8) is 0 Å². The largest absolute Gasteiger partial charge is 0.392 e. The summed E-state index contributed by atoms with van der Waals surface area (Å²) >= 11 is 0. The smallest absolute Gasteiger partial charge is 0.103 e. The molecule has 1 aromatic carbocycles. The first-order chi connectivity index (χ1) is 8.69. The molecule has 98 valence electrons. The van der Waals surface area contributed by atoms with Crippen LogP contribution in [0.1, 0.15) is 38.7 Å². The van der Waals surface area contributed by atoms with E-state index >= 15 is 0 Å². The van der Waals surface area contributed by atoms with Gasteiger partial charge in [0.1, 0.15) is 5.83 Å². The minimum absolute atomic E-state index is 0.118. The molecular weight excluding hydrogens is 227 g/mol. The summed E-state index contributed by atoms with van der Waals surface area (Å²) in [4.78, 5) is 0. The van der Waals surface area contributed by atoms with Gasteiger partial charge >= 0.3 is 0 Å². The number of hydrogen-bond acceptors (Lipinski definition) is 1. The van der Waals surface area contributed by atoms with Gasteiger partial charge in [-0.3, -0.25) is 0 Å². The molecule has 0 atom stereocenters. The molecule has 18 heavy (non-hydrogen) atoms. The normalized spacial score (nSPS) is 13.4. The maximum atomic E-state index is 13.9. The number of allylic oxidation sites excluding steroid dienone is 1. The zero-order valence-electron chi connectivity index (χ0n) is 11.1. The van der Waals surface area contributed by atoms with Crippen molar-refractivity contribution in [1.29, 1.82) is 0 Å². The Morgan fingerprint density at radius 2 is 1.94 bits per heavy atom. The molecule has 0 aliphatic carbocycles. The van der Waals surface area contributed by atoms with Crippen LogP contribution in [0.2, 0.25) is 0 Å². The summed E-state index contributed by atoms with van der Waals surface area (Å²) in [5, 5.41) is 9.36. The zero-order valence-corrected chi connectivity index (χ0v) is 11.1. The lowest BCUT2D eigenvalue weighted by molar-refractivity contribution is 0.333. The lowest BCUT2D eigenvalue weighted by Crippen LogP contribution is -1.95. The predicted molar refractivity (Wildman–Crippen MR) is 74.8 cm³/mol. The number of aliphatic hydroxyl groups is 1. The Morgan fingerprint density at radius 1 is 1.28 bits per heavy atom. The van der Waals surface area contributed by atoms with Crippen LogP contribution in [0.15, 0.2) is 47.3 Å². The van der Waals surface area contributed by atoms with E-state index in [-0.39, 0.29) is 12.4 Å². The minimum Gasteiger partial charge on any atom is -0.392 e. The molecule has 0 fully saturated rings. The molecule has 0 unspecified atom stereocenters. The van der Waals surface area contributed by atoms with Gasteiger partial charge in [0.05, 0.1) is 6.61 Å². The standard InChI is InChI=1S/C16H21FO/c1-3-4-10-16(17)13(2)15(12-18)11-14-8-6-5-7-9-14/h5-9,11,18H,3-4,10,12H2,1-2H3/b15-11+,16-13-. The fourth-order valence-corrected chi connectivity index (χ4v) is 1.72. The molecule has 0 saturated carbocycles. The van der Waals surface area contributed by atoms with Crippen molar-refractivity contribution in [1.82, 2.24) is 0 Å². The molecule has 1 N–H and O–H groups in total. The summed E-state index contributed by atoms with van der Waals surface area (Å²) in [6, 6.07) is 9.65. The van der Waals surface area contributed by atoms with Gasteiger partial charge in [-0.25, -0.2) is 4.39 Å². The molecule has 0 amide bonds. The summed E-state index contributed by atoms with van der Waals surface area (Å²) < 4.78 is 13.9. The number of halogens is 1. The first kappa shape index (κ1) is 14.7. The highest BCUT2D eigenvalue weighted by atomic mass is 19.1. The Labute approximate surface area is 109 Å². The molecule has 0 bridgehead atoms. The van der Waals surface area contributed by atoms with Crippen LogP contribution in [0.25, 0.3) is 6.08 Å². The van der Waals surface area contributed by atoms with Gasteiger partial charge in [-0.2, -0.15) is 0 Å². The third-order valence-corrected chi connectivity index (χ3v) is 2.95. The van der Waals surface area contributed by atoms with Crippen LogP contribution in [0.3, 0.4) is 0 Å². The fourth-order valence-electron chi connectivity index (χ4n) is 1.72. The van der Waals surface area contributed by atoms with Gasteiger partial charge in [0.2, 0.25) is 0 Å². The summed E-state index contributed by atoms with van der Waals surface area (Å²) in [6.45, 7) is 3.63. The van der Waals surface area contributed by atoms with E-state index in [4.69, 9.17) is 0 Å². The van der Waals surface area contributed by atoms with E-state index in [2.05, 4.69) is 0 Å². The number of aliphatic hydroxyl groups excluding tert-OH is 1. The molecule has 0 aliphatic heterocycles. The Bertz CT molecular complexity index is 418. The number of hydrogen-bond donors (Lipinski definition) is 1. The number of rotatable bonds is 6. The molecule has 0 radical (unpaired) electrons. The maximum Gasteiger partial charge on any atom is 0.103 e. The van der Waals surface area contributed by atoms with Gasteiger partial charge in [0.25, 0.3) is 0 Å². The second kappa shape index (κ2) is 7.83. The van der Waals surface area contributed by atoms with Gasteiger partial charge in [-0.1, -0.05) is 43.7 Å². The van der Waals surface area contributed by atoms with Crippen molar-refractivity contribution in [3.8, 4) is 0 Å². The lowest BCUT2D eigenvalue weighted by Gasteiger charge is -2.07. The summed E-state index contributed by atoms with van der Waals surface area (Å²) in [5.74, 6) is -0.118. The second-order valence-corrected chi connectivity index (χ2v) is 4.37. The van der Waals surface area contributed by atoms with Gasteiger partial charge in [0, 0.05) is 0 Å². The molecular formula is C16H21FO. The lowest BCUT2D eigenvalue weighted by atomic mass is 10.0. The van der Waals surface area contributed by atoms with Crippen molar-refractivity contribution >= 4 is 6.08 Å². The average molecular weight is 248 g/mol. The molecule has 1 nitrogen and oxygen atoms in total. The Balaban J connectivity index is 2.92. The van der Waals surface area contributed by atoms with E-state index in [1.165, 1.54) is 0 Å². The fraction of sp³-hybridized carbons (Fsp3) is 0.375. The summed E-state index contributed by atoms with van der Waals surface area (Å²) in [6.07, 6.45) is 4.10. The zero-order chi connectivity index (χ0) is 13.4. The van der Waals surface area contributed by atoms with Gasteiger partial charge in [-0.05, 0) is 42.6 Å². The van der Waals surface area contributed by atoms with E-state index in [0.717, 1.165) is 18.4 Å². The summed E-state index contributed by atoms with van der Waals surface area (Å²) in [5.41, 5.74) is 2.19. The predicted octanol–water partition coefficient (Wildman–Crippen LogP) is 4.50. The van der Waals surface area contributed by atoms with Crippen LogP contribution in [-0.2, 0) is 0 Å². The second-order valence-electron chi connectivity index (χ2n) is 4.37. The molecule has 1 aromatic rings. The van der Waals surface area contributed by atoms with Crippen molar-refractivity contribution in [3.05, 3.63) is 52.9 Å². The van der Waals surface area contributed by atoms with E-state index in [0.29, 0.717) is 17.6 Å². The summed E-state index contributed by atoms with van der Waals surface area (Å²) in [7, 11) is 0. The molecule has 0 aromatic heterocycles. The number of unbranched alkanes of at least 4 members (excludes halogenated alkanes) is 1. The van der Waals surface area contributed by atoms with E-state index in [1.807, 2.05) is 43.3 Å². The van der Waals surface area contributed by atoms with E-state index in [9.17, 15) is 9.50 Å². The highest BCUT2D eigenvalue weighted by Gasteiger charge is 2.06. The van der Waals surface area contributed by atoms with Gasteiger partial charge in [-0.15, -0.1) is 0 Å². The highest BCUT2D eigenvalue weighted by molar-refractivity contribution is 5.58. The van der Waals surface area contributed by atoms with Crippen molar-refractivity contribution in [2.24, 2.45) is 0 Å². The van der Waals surface area contributed by atoms with Crippen molar-refractivity contribution in [2.45, 2.75) is 33.1 Å². The first-order valence-electron chi connectivity index (χ1n) is 6.41. The van der Waals surface area contributed by atoms with Crippen LogP contribution in [-0.4, -0.2) is 11.7 Å². The first-order valence-corrected chi connectivity index (χ1v) is 6.41. The monoisotopic (exact) mass is 248 g/mol. The van der Waals surface area contributed by atoms with E-state index < -0.39 is 0 Å². The van der Waals surface area contributed by atoms with Crippen LogP contribution < -0.4 is 0 Å². The van der Waals surface area contributed by atoms with Gasteiger partial charge in [0.15, 0.2) is 0 Å². The van der Waals surface area contributed by atoms with Crippen molar-refractivity contribution < 1.29 is 9.50 Å². The van der Waals surface area contributed by atoms with Crippen LogP contribution in [0.5, 0.6) is 0 Å². The Hall–Kier alpha value is -1.41. The average Bonchev–Trinajstić information content (AvgIpc) is 2.42. The topological polar surface area (TPSA) is 20.2 Å². The SMILES string of the molecule is CCCC/C(F)=C(C)/C(=C/c1ccccc1)CO. The molecule has 0 saturated heterocycles. The van der Waals surface area contributed by atoms with Crippen LogP contribution >= 0.6 is 0 Å². The molecule has 1 rings (SSSR count). The van der Waals surface area contributed by atoms with Crippen LogP contribution in [0, 0.1) is 0 Å². The van der Waals surface area contributed by atoms with Crippen LogP contribution in [0.4, 0.5) is 4.39 Å². The quantitative estimate of drug-likeness (QED) is 0.735. The number of benzene rings is 1. The molecule has 0 spiro atoms. The van der Waals surface area contributed by atoms with Gasteiger partial charge < -0.3 is 5.11 Å². The third-order valence-electron chi connectivity index (χ3n) is 2.95. The molecule has 0 aliphatic rings. The van der Waals surface area contributed by atoms with Crippen molar-refractivity contribution in [2.75, 3.05) is 6.61 Å². The highest BCUT2D eigenvalue weighted by Crippen LogP contribution is 2.22. The molecule has 0 heterocycles. The van der Waals surface area contributed by atoms with E-state index in [1.54, 1.807) is 6.92 Å². The Kier molecular flexibility index (Phi) is 6.37. The Morgan fingerprint density at radius 3 is 2.50 bits per heavy atom. The third kappa shape index (κ3) is 4.46. The minimum atomic E-state index is -0.139. The maximum absolute atomic E-state index is 13.9. The molecule has 2 heteroatoms.